The number of nitrogens with zero attached hydrogens (tertiary/aromatic N) is 1. The van der Waals surface area contributed by atoms with Crippen LogP contribution in [0, 0.1) is 12.7 Å². The van der Waals surface area contributed by atoms with Crippen LogP contribution in [0.1, 0.15) is 39.5 Å². The topological polar surface area (TPSA) is 54.0 Å². The van der Waals surface area contributed by atoms with Gasteiger partial charge in [-0.15, -0.1) is 0 Å². The van der Waals surface area contributed by atoms with Crippen molar-refractivity contribution in [2.75, 3.05) is 13.1 Å². The van der Waals surface area contributed by atoms with Crippen LogP contribution < -0.4 is 10.6 Å². The molecule has 1 aromatic heterocycles. The first kappa shape index (κ1) is 19.3. The highest BCUT2D eigenvalue weighted by Crippen LogP contribution is 2.34. The van der Waals surface area contributed by atoms with Gasteiger partial charge >= 0.3 is 6.18 Å². The number of nitrogens with one attached hydrogen (secondary N) is 2. The number of hydrogen-bond donors (Lipinski definition) is 2. The maximum atomic E-state index is 13.4. The van der Waals surface area contributed by atoms with Gasteiger partial charge in [-0.05, 0) is 49.2 Å². The number of alkyl halides is 3. The van der Waals surface area contributed by atoms with E-state index >= 15 is 0 Å². The second-order valence-electron chi connectivity index (χ2n) is 6.58. The van der Waals surface area contributed by atoms with Crippen LogP contribution in [-0.2, 0) is 6.18 Å². The Morgan fingerprint density at radius 3 is 2.59 bits per heavy atom. The second-order valence-corrected chi connectivity index (χ2v) is 6.58. The van der Waals surface area contributed by atoms with Gasteiger partial charge in [0.25, 0.3) is 5.91 Å². The number of carbonyl (C=O) groups is 1. The summed E-state index contributed by atoms with van der Waals surface area (Å²) in [5.41, 5.74) is -0.890. The van der Waals surface area contributed by atoms with E-state index in [0.717, 1.165) is 5.56 Å². The molecule has 2 N–H and O–H groups in total. The average Bonchev–Trinajstić information content (AvgIpc) is 2.61. The number of carbonyl (C=O) groups excluding carboxylic acids is 1. The average molecular weight is 381 g/mol. The number of piperidine rings is 1. The lowest BCUT2D eigenvalue weighted by atomic mass is 9.86. The highest BCUT2D eigenvalue weighted by atomic mass is 19.4. The molecular formula is C19H19F4N3O. The van der Waals surface area contributed by atoms with Gasteiger partial charge in [0.1, 0.15) is 11.5 Å². The lowest BCUT2D eigenvalue weighted by molar-refractivity contribution is -0.138. The molecule has 1 amide bonds. The molecule has 1 fully saturated rings. The maximum absolute atomic E-state index is 13.4. The molecule has 0 saturated carbocycles. The fourth-order valence-corrected chi connectivity index (χ4v) is 3.42. The lowest BCUT2D eigenvalue weighted by Gasteiger charge is -2.33. The van der Waals surface area contributed by atoms with Crippen molar-refractivity contribution in [3.63, 3.8) is 0 Å². The first-order valence-corrected chi connectivity index (χ1v) is 8.57. The summed E-state index contributed by atoms with van der Waals surface area (Å²) in [7, 11) is 0. The first-order chi connectivity index (χ1) is 12.8. The van der Waals surface area contributed by atoms with Crippen LogP contribution in [0.5, 0.6) is 0 Å². The van der Waals surface area contributed by atoms with E-state index in [1.54, 1.807) is 12.1 Å². The molecule has 0 bridgehead atoms. The number of rotatable bonds is 3. The molecule has 2 atom stereocenters. The summed E-state index contributed by atoms with van der Waals surface area (Å²) in [6.45, 7) is 2.45. The van der Waals surface area contributed by atoms with E-state index in [9.17, 15) is 22.4 Å². The zero-order valence-corrected chi connectivity index (χ0v) is 14.6. The number of halogens is 4. The highest BCUT2D eigenvalue weighted by Gasteiger charge is 2.39. The summed E-state index contributed by atoms with van der Waals surface area (Å²) in [5, 5.41) is 5.90. The Morgan fingerprint density at radius 1 is 1.22 bits per heavy atom. The van der Waals surface area contributed by atoms with E-state index in [-0.39, 0.29) is 23.3 Å². The van der Waals surface area contributed by atoms with E-state index in [1.807, 2.05) is 0 Å². The number of amides is 1. The van der Waals surface area contributed by atoms with Crippen molar-refractivity contribution in [1.82, 2.24) is 15.6 Å². The number of aromatic nitrogens is 1. The predicted octanol–water partition coefficient (Wildman–Crippen LogP) is 3.42. The molecule has 27 heavy (non-hydrogen) atoms. The molecule has 0 radical (unpaired) electrons. The van der Waals surface area contributed by atoms with Crippen LogP contribution in [0.25, 0.3) is 0 Å². The lowest BCUT2D eigenvalue weighted by Crippen LogP contribution is -2.48. The zero-order chi connectivity index (χ0) is 19.6. The van der Waals surface area contributed by atoms with Crippen LogP contribution in [-0.4, -0.2) is 30.0 Å². The normalized spacial score (nSPS) is 20.3. The quantitative estimate of drug-likeness (QED) is 0.801. The smallest absolute Gasteiger partial charge is 0.347 e. The van der Waals surface area contributed by atoms with Gasteiger partial charge in [0.15, 0.2) is 0 Å². The van der Waals surface area contributed by atoms with Gasteiger partial charge in [0.2, 0.25) is 0 Å². The minimum atomic E-state index is -4.67. The van der Waals surface area contributed by atoms with Crippen molar-refractivity contribution in [3.8, 4) is 0 Å². The van der Waals surface area contributed by atoms with Crippen LogP contribution in [0.4, 0.5) is 17.6 Å². The first-order valence-electron chi connectivity index (χ1n) is 8.57. The van der Waals surface area contributed by atoms with Crippen molar-refractivity contribution < 1.29 is 22.4 Å². The molecule has 1 aliphatic rings. The van der Waals surface area contributed by atoms with Gasteiger partial charge in [0.05, 0.1) is 5.56 Å². The third-order valence-corrected chi connectivity index (χ3v) is 4.75. The Kier molecular flexibility index (Phi) is 5.46. The molecular weight excluding hydrogens is 362 g/mol. The standard InChI is InChI=1S/C19H19F4N3O/c1-11-6-9-25-17(16(11)19(21,22)23)18(27)26-15-7-8-24-10-14(15)12-2-4-13(20)5-3-12/h2-6,9,14-15,24H,7-8,10H2,1H3,(H,26,27)/t14-,15-/m1/s1. The Labute approximate surface area is 154 Å². The molecule has 144 valence electrons. The minimum Gasteiger partial charge on any atom is -0.347 e. The summed E-state index contributed by atoms with van der Waals surface area (Å²) in [5.74, 6) is -1.41. The third kappa shape index (κ3) is 4.27. The second kappa shape index (κ2) is 7.64. The van der Waals surface area contributed by atoms with Gasteiger partial charge in [-0.25, -0.2) is 4.39 Å². The molecule has 1 aliphatic heterocycles. The molecule has 0 unspecified atom stereocenters. The van der Waals surface area contributed by atoms with Crippen LogP contribution in [0.2, 0.25) is 0 Å². The summed E-state index contributed by atoms with van der Waals surface area (Å²) in [6, 6.07) is 6.74. The molecule has 0 spiro atoms. The van der Waals surface area contributed by atoms with Gasteiger partial charge in [-0.1, -0.05) is 12.1 Å². The van der Waals surface area contributed by atoms with Crippen molar-refractivity contribution in [2.24, 2.45) is 0 Å². The molecule has 0 aliphatic carbocycles. The number of hydrogen-bond acceptors (Lipinski definition) is 3. The fraction of sp³-hybridized carbons (Fsp3) is 0.368. The summed E-state index contributed by atoms with van der Waals surface area (Å²) in [4.78, 5) is 16.3. The van der Waals surface area contributed by atoms with E-state index < -0.39 is 23.3 Å². The van der Waals surface area contributed by atoms with Crippen molar-refractivity contribution in [3.05, 3.63) is 64.7 Å². The zero-order valence-electron chi connectivity index (χ0n) is 14.6. The van der Waals surface area contributed by atoms with E-state index in [1.165, 1.54) is 31.3 Å². The molecule has 4 nitrogen and oxygen atoms in total. The summed E-state index contributed by atoms with van der Waals surface area (Å²) < 4.78 is 53.3. The minimum absolute atomic E-state index is 0.0527. The van der Waals surface area contributed by atoms with Crippen LogP contribution in [0.3, 0.4) is 0 Å². The van der Waals surface area contributed by atoms with Crippen LogP contribution in [0.15, 0.2) is 36.5 Å². The van der Waals surface area contributed by atoms with Crippen molar-refractivity contribution in [2.45, 2.75) is 31.5 Å². The maximum Gasteiger partial charge on any atom is 0.418 e. The Balaban J connectivity index is 1.86. The molecule has 2 aromatic rings. The van der Waals surface area contributed by atoms with E-state index in [4.69, 9.17) is 0 Å². The van der Waals surface area contributed by atoms with Crippen molar-refractivity contribution >= 4 is 5.91 Å². The molecule has 1 aromatic carbocycles. The highest BCUT2D eigenvalue weighted by molar-refractivity contribution is 5.94. The fourth-order valence-electron chi connectivity index (χ4n) is 3.42. The van der Waals surface area contributed by atoms with Gasteiger partial charge in [0, 0.05) is 24.7 Å². The van der Waals surface area contributed by atoms with E-state index in [2.05, 4.69) is 15.6 Å². The molecule has 2 heterocycles. The monoisotopic (exact) mass is 381 g/mol. The van der Waals surface area contributed by atoms with Crippen molar-refractivity contribution in [1.29, 1.82) is 0 Å². The number of benzene rings is 1. The van der Waals surface area contributed by atoms with Gasteiger partial charge in [-0.3, -0.25) is 9.78 Å². The molecule has 1 saturated heterocycles. The van der Waals surface area contributed by atoms with E-state index in [0.29, 0.717) is 19.5 Å². The largest absolute Gasteiger partial charge is 0.418 e. The predicted molar refractivity (Wildman–Crippen MR) is 91.9 cm³/mol. The Hall–Kier alpha value is -2.48. The summed E-state index contributed by atoms with van der Waals surface area (Å²) in [6.07, 6.45) is -2.93. The SMILES string of the molecule is Cc1ccnc(C(=O)N[C@@H]2CCNC[C@@H]2c2ccc(F)cc2)c1C(F)(F)F. The van der Waals surface area contributed by atoms with Crippen LogP contribution >= 0.6 is 0 Å². The molecule has 8 heteroatoms. The number of aryl methyl sites for hydroxylation is 1. The Bertz CT molecular complexity index is 821. The molecule has 3 rings (SSSR count). The third-order valence-electron chi connectivity index (χ3n) is 4.75. The van der Waals surface area contributed by atoms with Gasteiger partial charge in [-0.2, -0.15) is 13.2 Å². The Morgan fingerprint density at radius 2 is 1.93 bits per heavy atom. The summed E-state index contributed by atoms with van der Waals surface area (Å²) >= 11 is 0. The number of pyridine rings is 1. The van der Waals surface area contributed by atoms with Gasteiger partial charge < -0.3 is 10.6 Å².